The summed E-state index contributed by atoms with van der Waals surface area (Å²) in [5.74, 6) is -0.663. The van der Waals surface area contributed by atoms with Gasteiger partial charge in [0, 0.05) is 12.1 Å². The van der Waals surface area contributed by atoms with E-state index in [0.717, 1.165) is 18.1 Å². The summed E-state index contributed by atoms with van der Waals surface area (Å²) in [4.78, 5) is 22.3. The van der Waals surface area contributed by atoms with Crippen molar-refractivity contribution in [3.8, 4) is 0 Å². The number of sulfone groups is 1. The third-order valence-corrected chi connectivity index (χ3v) is 7.20. The number of nitro groups is 1. The van der Waals surface area contributed by atoms with Crippen molar-refractivity contribution >= 4 is 27.1 Å². The second-order valence-corrected chi connectivity index (χ2v) is 8.54. The lowest BCUT2D eigenvalue weighted by Crippen LogP contribution is -2.38. The second-order valence-electron chi connectivity index (χ2n) is 6.09. The topological polar surface area (TPSA) is 104 Å². The van der Waals surface area contributed by atoms with Gasteiger partial charge < -0.3 is 4.74 Å². The summed E-state index contributed by atoms with van der Waals surface area (Å²) in [7, 11) is -1.96. The highest BCUT2D eigenvalue weighted by Crippen LogP contribution is 2.40. The fourth-order valence-electron chi connectivity index (χ4n) is 3.41. The van der Waals surface area contributed by atoms with Crippen molar-refractivity contribution in [3.63, 3.8) is 0 Å². The van der Waals surface area contributed by atoms with Gasteiger partial charge in [0.15, 0.2) is 9.84 Å². The minimum absolute atomic E-state index is 0.0844. The van der Waals surface area contributed by atoms with Crippen LogP contribution in [-0.4, -0.2) is 36.9 Å². The number of benzene rings is 1. The molecule has 1 aromatic rings. The maximum atomic E-state index is 12.3. The van der Waals surface area contributed by atoms with Crippen LogP contribution in [0.4, 0.5) is 5.69 Å². The molecule has 0 aromatic heterocycles. The van der Waals surface area contributed by atoms with Gasteiger partial charge in [-0.25, -0.2) is 13.2 Å². The lowest BCUT2D eigenvalue weighted by atomic mass is 9.92. The average Bonchev–Trinajstić information content (AvgIpc) is 2.52. The minimum Gasteiger partial charge on any atom is -0.465 e. The van der Waals surface area contributed by atoms with E-state index in [1.807, 2.05) is 0 Å². The van der Waals surface area contributed by atoms with Crippen molar-refractivity contribution in [1.29, 1.82) is 0 Å². The summed E-state index contributed by atoms with van der Waals surface area (Å²) >= 11 is 0. The molecule has 1 aromatic carbocycles. The summed E-state index contributed by atoms with van der Waals surface area (Å²) in [5, 5.41) is 10.1. The molecule has 2 bridgehead atoms. The number of methoxy groups -OCH3 is 1. The lowest BCUT2D eigenvalue weighted by Gasteiger charge is -2.33. The molecule has 8 heteroatoms. The zero-order valence-corrected chi connectivity index (χ0v) is 13.9. The number of ether oxygens (including phenoxy) is 1. The second kappa shape index (κ2) is 6.01. The van der Waals surface area contributed by atoms with E-state index in [-0.39, 0.29) is 11.3 Å². The molecule has 2 aliphatic heterocycles. The number of fused-ring (bicyclic) bond motifs is 2. The van der Waals surface area contributed by atoms with Crippen molar-refractivity contribution < 1.29 is 22.9 Å². The molecule has 1 fully saturated rings. The van der Waals surface area contributed by atoms with Crippen LogP contribution in [0.15, 0.2) is 24.3 Å². The van der Waals surface area contributed by atoms with Gasteiger partial charge in [-0.05, 0) is 36.5 Å². The van der Waals surface area contributed by atoms with Gasteiger partial charge in [0.2, 0.25) is 0 Å². The van der Waals surface area contributed by atoms with Crippen molar-refractivity contribution in [2.75, 3.05) is 7.11 Å². The van der Waals surface area contributed by atoms with Crippen LogP contribution in [0.1, 0.15) is 41.6 Å². The van der Waals surface area contributed by atoms with E-state index in [4.69, 9.17) is 0 Å². The molecule has 0 saturated carbocycles. The van der Waals surface area contributed by atoms with Crippen LogP contribution in [0.5, 0.6) is 0 Å². The van der Waals surface area contributed by atoms with E-state index in [0.29, 0.717) is 24.8 Å². The molecule has 0 radical (unpaired) electrons. The Morgan fingerprint density at radius 1 is 1.29 bits per heavy atom. The standard InChI is InChI=1S/C16H17NO6S/c1-23-16(18)12-5-10(6-13(7-12)17(19)20)11-8-14-3-2-4-15(9-11)24(14,21)22/h5-8,14-15H,2-4,9H2,1H3. The maximum absolute atomic E-state index is 12.3. The Bertz CT molecular complexity index is 842. The first-order valence-electron chi connectivity index (χ1n) is 7.64. The van der Waals surface area contributed by atoms with Crippen molar-refractivity contribution in [3.05, 3.63) is 45.5 Å². The van der Waals surface area contributed by atoms with E-state index < -0.39 is 31.2 Å². The number of carbonyl (C=O) groups is 1. The van der Waals surface area contributed by atoms with E-state index in [2.05, 4.69) is 4.74 Å². The van der Waals surface area contributed by atoms with E-state index in [1.165, 1.54) is 19.2 Å². The van der Waals surface area contributed by atoms with Crippen molar-refractivity contribution in [2.24, 2.45) is 0 Å². The smallest absolute Gasteiger partial charge is 0.338 e. The SMILES string of the molecule is COC(=O)c1cc(C2=CC3CCCC(C2)S3(=O)=O)cc([N+](=O)[O-])c1. The number of non-ortho nitro benzene ring substituents is 1. The Kier molecular flexibility index (Phi) is 4.16. The highest BCUT2D eigenvalue weighted by Gasteiger charge is 2.40. The number of rotatable bonds is 3. The Balaban J connectivity index is 2.09. The molecular weight excluding hydrogens is 334 g/mol. The molecule has 0 spiro atoms. The normalized spacial score (nSPS) is 24.8. The van der Waals surface area contributed by atoms with Crippen LogP contribution in [0, 0.1) is 10.1 Å². The molecular formula is C16H17NO6S. The molecule has 2 aliphatic rings. The Morgan fingerprint density at radius 3 is 2.67 bits per heavy atom. The van der Waals surface area contributed by atoms with Crippen molar-refractivity contribution in [1.82, 2.24) is 0 Å². The Hall–Kier alpha value is -2.22. The summed E-state index contributed by atoms with van der Waals surface area (Å²) in [6, 6.07) is 4.07. The van der Waals surface area contributed by atoms with Gasteiger partial charge in [-0.2, -0.15) is 0 Å². The zero-order chi connectivity index (χ0) is 17.5. The van der Waals surface area contributed by atoms with Crippen LogP contribution in [0.2, 0.25) is 0 Å². The van der Waals surface area contributed by atoms with Gasteiger partial charge in [-0.3, -0.25) is 10.1 Å². The molecule has 1 saturated heterocycles. The summed E-state index contributed by atoms with van der Waals surface area (Å²) in [5.41, 5.74) is 1.12. The molecule has 0 amide bonds. The largest absolute Gasteiger partial charge is 0.465 e. The number of hydrogen-bond donors (Lipinski definition) is 0. The zero-order valence-electron chi connectivity index (χ0n) is 13.1. The van der Waals surface area contributed by atoms with Crippen molar-refractivity contribution in [2.45, 2.75) is 36.2 Å². The molecule has 0 N–H and O–H groups in total. The van der Waals surface area contributed by atoms with Gasteiger partial charge in [0.05, 0.1) is 28.1 Å². The molecule has 0 aliphatic carbocycles. The quantitative estimate of drug-likeness (QED) is 0.471. The minimum atomic E-state index is -3.17. The highest BCUT2D eigenvalue weighted by molar-refractivity contribution is 7.93. The number of carbonyl (C=O) groups excluding carboxylic acids is 1. The monoisotopic (exact) mass is 351 g/mol. The fraction of sp³-hybridized carbons (Fsp3) is 0.438. The Labute approximate surface area is 139 Å². The molecule has 3 rings (SSSR count). The van der Waals surface area contributed by atoms with Crippen LogP contribution >= 0.6 is 0 Å². The molecule has 2 atom stereocenters. The molecule has 2 unspecified atom stereocenters. The van der Waals surface area contributed by atoms with Crippen LogP contribution in [-0.2, 0) is 14.6 Å². The number of hydrogen-bond acceptors (Lipinski definition) is 6. The third kappa shape index (κ3) is 2.82. The summed E-state index contributed by atoms with van der Waals surface area (Å²) in [6.07, 6.45) is 4.04. The summed E-state index contributed by atoms with van der Waals surface area (Å²) in [6.45, 7) is 0. The maximum Gasteiger partial charge on any atom is 0.338 e. The number of nitro benzene ring substituents is 1. The predicted octanol–water partition coefficient (Wildman–Crippen LogP) is 2.50. The van der Waals surface area contributed by atoms with E-state index in [1.54, 1.807) is 6.08 Å². The van der Waals surface area contributed by atoms with Gasteiger partial charge in [-0.15, -0.1) is 0 Å². The first kappa shape index (κ1) is 16.6. The van der Waals surface area contributed by atoms with Gasteiger partial charge in [-0.1, -0.05) is 12.5 Å². The van der Waals surface area contributed by atoms with Gasteiger partial charge >= 0.3 is 5.97 Å². The average molecular weight is 351 g/mol. The van der Waals surface area contributed by atoms with Gasteiger partial charge in [0.1, 0.15) is 0 Å². The number of nitrogens with zero attached hydrogens (tertiary/aromatic N) is 1. The van der Waals surface area contributed by atoms with Gasteiger partial charge in [0.25, 0.3) is 5.69 Å². The van der Waals surface area contributed by atoms with Crippen LogP contribution < -0.4 is 0 Å². The number of esters is 1. The summed E-state index contributed by atoms with van der Waals surface area (Å²) < 4.78 is 29.3. The van der Waals surface area contributed by atoms with E-state index in [9.17, 15) is 23.3 Å². The first-order chi connectivity index (χ1) is 11.3. The number of allylic oxidation sites excluding steroid dienone is 1. The molecule has 24 heavy (non-hydrogen) atoms. The lowest BCUT2D eigenvalue weighted by molar-refractivity contribution is -0.384. The first-order valence-corrected chi connectivity index (χ1v) is 9.25. The molecule has 128 valence electrons. The molecule has 7 nitrogen and oxygen atoms in total. The Morgan fingerprint density at radius 2 is 2.04 bits per heavy atom. The predicted molar refractivity (Wildman–Crippen MR) is 87.4 cm³/mol. The highest BCUT2D eigenvalue weighted by atomic mass is 32.2. The van der Waals surface area contributed by atoms with Crippen LogP contribution in [0.3, 0.4) is 0 Å². The molecule has 2 heterocycles. The third-order valence-electron chi connectivity index (χ3n) is 4.66. The fourth-order valence-corrected chi connectivity index (χ4v) is 5.66. The van der Waals surface area contributed by atoms with Crippen LogP contribution in [0.25, 0.3) is 5.57 Å². The van der Waals surface area contributed by atoms with E-state index >= 15 is 0 Å².